The molecule has 0 nitrogen and oxygen atoms in total. The summed E-state index contributed by atoms with van der Waals surface area (Å²) in [5.41, 5.74) is 1.42. The van der Waals surface area contributed by atoms with E-state index in [-0.39, 0.29) is 0 Å². The van der Waals surface area contributed by atoms with Crippen molar-refractivity contribution < 1.29 is 0 Å². The molecule has 1 fully saturated rings. The van der Waals surface area contributed by atoms with Gasteiger partial charge in [-0.2, -0.15) is 0 Å². The highest BCUT2D eigenvalue weighted by Crippen LogP contribution is 2.23. The summed E-state index contributed by atoms with van der Waals surface area (Å²) in [5.74, 6) is 0. The number of unbranched alkanes of at least 4 members (excludes halogenated alkanes) is 2. The van der Waals surface area contributed by atoms with Gasteiger partial charge in [0.1, 0.15) is 0 Å². The Labute approximate surface area is 72.7 Å². The standard InChI is InChI=1S/C5H12.C4H6.C2H6/c1-3-5-4-2;1-4-2-3-4;1-2/h3-5H2,1-2H3;1-3H2;1-2H3. The van der Waals surface area contributed by atoms with Gasteiger partial charge in [-0.05, 0) is 12.8 Å². The fourth-order valence-electron chi connectivity index (χ4n) is 0.442. The number of allylic oxidation sites excluding steroid dienone is 1. The average molecular weight is 156 g/mol. The second kappa shape index (κ2) is 12.4. The molecule has 0 aromatic rings. The Morgan fingerprint density at radius 3 is 1.36 bits per heavy atom. The molecule has 0 aliphatic heterocycles. The fraction of sp³-hybridized carbons (Fsp3) is 0.818. The van der Waals surface area contributed by atoms with Crippen molar-refractivity contribution in [3.05, 3.63) is 12.2 Å². The van der Waals surface area contributed by atoms with Crippen LogP contribution < -0.4 is 0 Å². The normalized spacial score (nSPS) is 12.2. The van der Waals surface area contributed by atoms with Gasteiger partial charge in [-0.25, -0.2) is 0 Å². The van der Waals surface area contributed by atoms with Gasteiger partial charge in [0.2, 0.25) is 0 Å². The molecule has 0 spiro atoms. The SMILES string of the molecule is C=C1CC1.CC.CCCCC. The van der Waals surface area contributed by atoms with Crippen molar-refractivity contribution in [2.45, 2.75) is 59.8 Å². The maximum Gasteiger partial charge on any atom is -0.0286 e. The van der Waals surface area contributed by atoms with E-state index >= 15 is 0 Å². The van der Waals surface area contributed by atoms with Crippen LogP contribution in [0.1, 0.15) is 59.8 Å². The Balaban J connectivity index is 0. The molecule has 0 unspecified atom stereocenters. The average Bonchev–Trinajstić information content (AvgIpc) is 2.79. The molecule has 0 aromatic carbocycles. The maximum absolute atomic E-state index is 3.67. The van der Waals surface area contributed by atoms with Crippen molar-refractivity contribution in [2.24, 2.45) is 0 Å². The number of hydrogen-bond acceptors (Lipinski definition) is 0. The first-order chi connectivity index (χ1) is 5.31. The second-order valence-corrected chi connectivity index (χ2v) is 2.60. The molecule has 0 amide bonds. The van der Waals surface area contributed by atoms with Crippen LogP contribution >= 0.6 is 0 Å². The Kier molecular flexibility index (Phi) is 15.1. The van der Waals surface area contributed by atoms with E-state index in [0.717, 1.165) is 0 Å². The molecule has 11 heavy (non-hydrogen) atoms. The topological polar surface area (TPSA) is 0 Å². The molecule has 0 N–H and O–H groups in total. The minimum atomic E-state index is 1.29. The molecule has 0 radical (unpaired) electrons. The van der Waals surface area contributed by atoms with Crippen LogP contribution in [-0.4, -0.2) is 0 Å². The van der Waals surface area contributed by atoms with Crippen molar-refractivity contribution in [2.75, 3.05) is 0 Å². The summed E-state index contributed by atoms with van der Waals surface area (Å²) in [6.07, 6.45) is 6.66. The Morgan fingerprint density at radius 2 is 1.36 bits per heavy atom. The zero-order valence-electron chi connectivity index (χ0n) is 8.74. The van der Waals surface area contributed by atoms with Crippen LogP contribution in [0, 0.1) is 0 Å². The second-order valence-electron chi connectivity index (χ2n) is 2.60. The molecule has 0 saturated heterocycles. The van der Waals surface area contributed by atoms with Gasteiger partial charge in [0.05, 0.1) is 0 Å². The van der Waals surface area contributed by atoms with Crippen LogP contribution in [0.5, 0.6) is 0 Å². The van der Waals surface area contributed by atoms with Gasteiger partial charge in [0.25, 0.3) is 0 Å². The fourth-order valence-corrected chi connectivity index (χ4v) is 0.442. The van der Waals surface area contributed by atoms with Crippen LogP contribution in [-0.2, 0) is 0 Å². The van der Waals surface area contributed by atoms with E-state index in [1.54, 1.807) is 0 Å². The van der Waals surface area contributed by atoms with Crippen LogP contribution in [0.3, 0.4) is 0 Å². The molecule has 1 aliphatic carbocycles. The smallest absolute Gasteiger partial charge is 0.0286 e. The summed E-state index contributed by atoms with van der Waals surface area (Å²) < 4.78 is 0. The van der Waals surface area contributed by atoms with Crippen molar-refractivity contribution >= 4 is 0 Å². The third-order valence-electron chi connectivity index (χ3n) is 1.31. The van der Waals surface area contributed by atoms with Crippen LogP contribution in [0.25, 0.3) is 0 Å². The molecule has 0 heterocycles. The first-order valence-corrected chi connectivity index (χ1v) is 4.97. The molecule has 0 aromatic heterocycles. The van der Waals surface area contributed by atoms with E-state index in [1.165, 1.54) is 37.7 Å². The van der Waals surface area contributed by atoms with Crippen LogP contribution in [0.2, 0.25) is 0 Å². The van der Waals surface area contributed by atoms with Gasteiger partial charge < -0.3 is 0 Å². The summed E-state index contributed by atoms with van der Waals surface area (Å²) in [7, 11) is 0. The van der Waals surface area contributed by atoms with E-state index in [0.29, 0.717) is 0 Å². The third-order valence-corrected chi connectivity index (χ3v) is 1.31. The highest BCUT2D eigenvalue weighted by Gasteiger charge is 2.04. The molecule has 68 valence electrons. The van der Waals surface area contributed by atoms with Crippen molar-refractivity contribution in [3.63, 3.8) is 0 Å². The van der Waals surface area contributed by atoms with Gasteiger partial charge in [-0.3, -0.25) is 0 Å². The third kappa shape index (κ3) is 26.0. The lowest BCUT2D eigenvalue weighted by atomic mass is 10.3. The van der Waals surface area contributed by atoms with E-state index in [4.69, 9.17) is 0 Å². The largest absolute Gasteiger partial charge is 0.0998 e. The molecule has 0 heteroatoms. The minimum absolute atomic E-state index is 1.29. The van der Waals surface area contributed by atoms with E-state index in [2.05, 4.69) is 20.4 Å². The summed E-state index contributed by atoms with van der Waals surface area (Å²) in [4.78, 5) is 0. The minimum Gasteiger partial charge on any atom is -0.0998 e. The lowest BCUT2D eigenvalue weighted by Crippen LogP contribution is -1.59. The van der Waals surface area contributed by atoms with Crippen molar-refractivity contribution in [1.29, 1.82) is 0 Å². The molecular weight excluding hydrogens is 132 g/mol. The van der Waals surface area contributed by atoms with E-state index < -0.39 is 0 Å². The van der Waals surface area contributed by atoms with E-state index in [9.17, 15) is 0 Å². The highest BCUT2D eigenvalue weighted by molar-refractivity contribution is 5.09. The van der Waals surface area contributed by atoms with E-state index in [1.807, 2.05) is 13.8 Å². The molecule has 1 saturated carbocycles. The summed E-state index contributed by atoms with van der Waals surface area (Å²) in [6.45, 7) is 12.1. The zero-order valence-corrected chi connectivity index (χ0v) is 8.74. The quantitative estimate of drug-likeness (QED) is 0.514. The number of hydrogen-bond donors (Lipinski definition) is 0. The van der Waals surface area contributed by atoms with Gasteiger partial charge in [-0.15, -0.1) is 0 Å². The lowest BCUT2D eigenvalue weighted by Gasteiger charge is -1.79. The molecule has 0 bridgehead atoms. The summed E-state index contributed by atoms with van der Waals surface area (Å²) in [5, 5.41) is 0. The summed E-state index contributed by atoms with van der Waals surface area (Å²) in [6, 6.07) is 0. The van der Waals surface area contributed by atoms with Gasteiger partial charge in [0, 0.05) is 0 Å². The Bertz CT molecular complexity index is 64.1. The predicted octanol–water partition coefficient (Wildman–Crippen LogP) is 4.56. The summed E-state index contributed by atoms with van der Waals surface area (Å²) >= 11 is 0. The lowest BCUT2D eigenvalue weighted by molar-refractivity contribution is 0.772. The Hall–Kier alpha value is -0.260. The van der Waals surface area contributed by atoms with Gasteiger partial charge in [0.15, 0.2) is 0 Å². The molecule has 1 aliphatic rings. The van der Waals surface area contributed by atoms with Gasteiger partial charge in [-0.1, -0.05) is 59.1 Å². The maximum atomic E-state index is 3.67. The first kappa shape index (κ1) is 13.3. The predicted molar refractivity (Wildman–Crippen MR) is 54.9 cm³/mol. The molecule has 1 rings (SSSR count). The van der Waals surface area contributed by atoms with Crippen LogP contribution in [0.15, 0.2) is 12.2 Å². The van der Waals surface area contributed by atoms with Crippen molar-refractivity contribution in [1.82, 2.24) is 0 Å². The molecule has 0 atom stereocenters. The molecular formula is C11H24. The van der Waals surface area contributed by atoms with Crippen LogP contribution in [0.4, 0.5) is 0 Å². The first-order valence-electron chi connectivity index (χ1n) is 4.97. The Morgan fingerprint density at radius 1 is 1.09 bits per heavy atom. The van der Waals surface area contributed by atoms with Crippen molar-refractivity contribution in [3.8, 4) is 0 Å². The highest BCUT2D eigenvalue weighted by atomic mass is 14.1. The number of rotatable bonds is 2. The monoisotopic (exact) mass is 156 g/mol. The van der Waals surface area contributed by atoms with Gasteiger partial charge >= 0.3 is 0 Å². The zero-order chi connectivity index (χ0) is 9.11.